The van der Waals surface area contributed by atoms with Crippen molar-refractivity contribution in [1.82, 2.24) is 20.4 Å². The molecule has 4 rings (SSSR count). The van der Waals surface area contributed by atoms with Gasteiger partial charge in [0.25, 0.3) is 11.8 Å². The average molecular weight is 482 g/mol. The Balaban J connectivity index is 1.23. The standard InChI is InChI=1S/C24H27N5O4S/c1-17-3-2-4-20(15-17)33-16-21-27-28-24(34-21)23(31)26-19-7-5-18(6-8-19)22(30)25-9-10-29-11-13-32-14-12-29/h2-8,15H,9-14,16H2,1H3,(H,25,30)(H,26,31). The van der Waals surface area contributed by atoms with E-state index < -0.39 is 0 Å². The fraction of sp³-hybridized carbons (Fsp3) is 0.333. The van der Waals surface area contributed by atoms with Gasteiger partial charge in [0, 0.05) is 37.4 Å². The predicted molar refractivity (Wildman–Crippen MR) is 129 cm³/mol. The van der Waals surface area contributed by atoms with Crippen molar-refractivity contribution >= 4 is 28.8 Å². The summed E-state index contributed by atoms with van der Waals surface area (Å²) in [5, 5.41) is 14.6. The Bertz CT molecular complexity index is 1110. The highest BCUT2D eigenvalue weighted by molar-refractivity contribution is 7.13. The summed E-state index contributed by atoms with van der Waals surface area (Å²) in [5.41, 5.74) is 2.21. The second-order valence-corrected chi connectivity index (χ2v) is 8.91. The monoisotopic (exact) mass is 481 g/mol. The van der Waals surface area contributed by atoms with E-state index in [0.717, 1.165) is 44.2 Å². The van der Waals surface area contributed by atoms with E-state index in [2.05, 4.69) is 25.7 Å². The lowest BCUT2D eigenvalue weighted by Gasteiger charge is -2.26. The van der Waals surface area contributed by atoms with E-state index in [-0.39, 0.29) is 23.4 Å². The van der Waals surface area contributed by atoms with Crippen molar-refractivity contribution in [3.05, 3.63) is 69.7 Å². The van der Waals surface area contributed by atoms with E-state index in [1.54, 1.807) is 24.3 Å². The Morgan fingerprint density at radius 2 is 1.88 bits per heavy atom. The molecule has 2 aromatic carbocycles. The normalized spacial score (nSPS) is 13.9. The highest BCUT2D eigenvalue weighted by atomic mass is 32.1. The van der Waals surface area contributed by atoms with Gasteiger partial charge < -0.3 is 20.1 Å². The largest absolute Gasteiger partial charge is 0.486 e. The molecule has 10 heteroatoms. The van der Waals surface area contributed by atoms with Crippen molar-refractivity contribution in [2.24, 2.45) is 0 Å². The maximum atomic E-state index is 12.5. The molecule has 0 saturated carbocycles. The first-order valence-electron chi connectivity index (χ1n) is 11.1. The lowest BCUT2D eigenvalue weighted by molar-refractivity contribution is 0.0383. The van der Waals surface area contributed by atoms with Gasteiger partial charge in [-0.1, -0.05) is 23.5 Å². The van der Waals surface area contributed by atoms with Crippen molar-refractivity contribution < 1.29 is 19.1 Å². The minimum absolute atomic E-state index is 0.145. The van der Waals surface area contributed by atoms with Gasteiger partial charge >= 0.3 is 0 Å². The Kier molecular flexibility index (Phi) is 8.18. The summed E-state index contributed by atoms with van der Waals surface area (Å²) >= 11 is 1.18. The molecular formula is C24H27N5O4S. The summed E-state index contributed by atoms with van der Waals surface area (Å²) in [6.07, 6.45) is 0. The number of benzene rings is 2. The zero-order valence-electron chi connectivity index (χ0n) is 19.0. The van der Waals surface area contributed by atoms with E-state index in [0.29, 0.717) is 22.8 Å². The van der Waals surface area contributed by atoms with Crippen LogP contribution in [0.2, 0.25) is 0 Å². The Morgan fingerprint density at radius 3 is 2.65 bits per heavy atom. The topological polar surface area (TPSA) is 106 Å². The number of carbonyl (C=O) groups excluding carboxylic acids is 2. The molecule has 1 aliphatic heterocycles. The van der Waals surface area contributed by atoms with Gasteiger partial charge in [-0.05, 0) is 48.9 Å². The zero-order valence-corrected chi connectivity index (χ0v) is 19.8. The van der Waals surface area contributed by atoms with Gasteiger partial charge in [0.2, 0.25) is 5.01 Å². The molecule has 2 N–H and O–H groups in total. The van der Waals surface area contributed by atoms with Gasteiger partial charge in [-0.15, -0.1) is 10.2 Å². The van der Waals surface area contributed by atoms with Crippen LogP contribution in [0.3, 0.4) is 0 Å². The van der Waals surface area contributed by atoms with E-state index in [9.17, 15) is 9.59 Å². The van der Waals surface area contributed by atoms with E-state index in [4.69, 9.17) is 9.47 Å². The molecule has 1 aliphatic rings. The molecule has 2 amide bonds. The van der Waals surface area contributed by atoms with Crippen LogP contribution in [0, 0.1) is 6.92 Å². The number of anilines is 1. The number of morpholine rings is 1. The second kappa shape index (κ2) is 11.7. The number of nitrogens with zero attached hydrogens (tertiary/aromatic N) is 3. The van der Waals surface area contributed by atoms with Crippen molar-refractivity contribution in [3.8, 4) is 5.75 Å². The van der Waals surface area contributed by atoms with Gasteiger partial charge in [-0.2, -0.15) is 0 Å². The molecule has 34 heavy (non-hydrogen) atoms. The third-order valence-electron chi connectivity index (χ3n) is 5.24. The molecule has 0 atom stereocenters. The number of carbonyl (C=O) groups is 2. The summed E-state index contributed by atoms with van der Waals surface area (Å²) in [7, 11) is 0. The van der Waals surface area contributed by atoms with E-state index in [1.807, 2.05) is 31.2 Å². The Morgan fingerprint density at radius 1 is 1.09 bits per heavy atom. The van der Waals surface area contributed by atoms with Gasteiger partial charge in [-0.3, -0.25) is 14.5 Å². The van der Waals surface area contributed by atoms with Crippen LogP contribution in [0.15, 0.2) is 48.5 Å². The molecule has 3 aromatic rings. The van der Waals surface area contributed by atoms with Crippen molar-refractivity contribution in [2.45, 2.75) is 13.5 Å². The maximum Gasteiger partial charge on any atom is 0.286 e. The molecule has 1 aromatic heterocycles. The number of ether oxygens (including phenoxy) is 2. The van der Waals surface area contributed by atoms with Crippen molar-refractivity contribution in [2.75, 3.05) is 44.7 Å². The van der Waals surface area contributed by atoms with Crippen LogP contribution >= 0.6 is 11.3 Å². The minimum Gasteiger partial charge on any atom is -0.486 e. The van der Waals surface area contributed by atoms with Gasteiger partial charge in [-0.25, -0.2) is 0 Å². The molecule has 0 bridgehead atoms. The number of aryl methyl sites for hydroxylation is 1. The first kappa shape index (κ1) is 23.8. The highest BCUT2D eigenvalue weighted by Crippen LogP contribution is 2.18. The molecule has 0 unspecified atom stereocenters. The summed E-state index contributed by atoms with van der Waals surface area (Å²) in [6, 6.07) is 14.5. The lowest BCUT2D eigenvalue weighted by atomic mass is 10.2. The predicted octanol–water partition coefficient (Wildman–Crippen LogP) is 2.74. The van der Waals surface area contributed by atoms with Crippen LogP contribution in [-0.4, -0.2) is 66.3 Å². The Labute approximate surface area is 202 Å². The number of amides is 2. The van der Waals surface area contributed by atoms with Crippen LogP contribution < -0.4 is 15.4 Å². The lowest BCUT2D eigenvalue weighted by Crippen LogP contribution is -2.41. The van der Waals surface area contributed by atoms with Gasteiger partial charge in [0.15, 0.2) is 5.01 Å². The Hall–Kier alpha value is -3.34. The summed E-state index contributed by atoms with van der Waals surface area (Å²) < 4.78 is 11.0. The second-order valence-electron chi connectivity index (χ2n) is 7.85. The fourth-order valence-electron chi connectivity index (χ4n) is 3.40. The number of hydrogen-bond acceptors (Lipinski definition) is 8. The highest BCUT2D eigenvalue weighted by Gasteiger charge is 2.15. The third kappa shape index (κ3) is 6.83. The van der Waals surface area contributed by atoms with Crippen molar-refractivity contribution in [3.63, 3.8) is 0 Å². The molecule has 9 nitrogen and oxygen atoms in total. The summed E-state index contributed by atoms with van der Waals surface area (Å²) in [5.74, 6) is 0.238. The molecule has 1 saturated heterocycles. The van der Waals surface area contributed by atoms with Crippen LogP contribution in [0.25, 0.3) is 0 Å². The fourth-order valence-corrected chi connectivity index (χ4v) is 4.05. The smallest absolute Gasteiger partial charge is 0.286 e. The summed E-state index contributed by atoms with van der Waals surface area (Å²) in [4.78, 5) is 27.1. The maximum absolute atomic E-state index is 12.5. The average Bonchev–Trinajstić information content (AvgIpc) is 3.33. The van der Waals surface area contributed by atoms with E-state index >= 15 is 0 Å². The first-order chi connectivity index (χ1) is 16.6. The molecule has 178 valence electrons. The number of hydrogen-bond donors (Lipinski definition) is 2. The minimum atomic E-state index is -0.359. The van der Waals surface area contributed by atoms with Crippen molar-refractivity contribution in [1.29, 1.82) is 0 Å². The zero-order chi connectivity index (χ0) is 23.8. The van der Waals surface area contributed by atoms with Crippen LogP contribution in [-0.2, 0) is 11.3 Å². The van der Waals surface area contributed by atoms with Crippen LogP contribution in [0.4, 0.5) is 5.69 Å². The molecule has 2 heterocycles. The summed E-state index contributed by atoms with van der Waals surface area (Å²) in [6.45, 7) is 6.85. The first-order valence-corrected chi connectivity index (χ1v) is 11.9. The number of aromatic nitrogens is 2. The van der Waals surface area contributed by atoms with Gasteiger partial charge in [0.1, 0.15) is 12.4 Å². The molecule has 0 spiro atoms. The third-order valence-corrected chi connectivity index (χ3v) is 6.13. The van der Waals surface area contributed by atoms with Crippen LogP contribution in [0.1, 0.15) is 30.7 Å². The SMILES string of the molecule is Cc1cccc(OCc2nnc(C(=O)Nc3ccc(C(=O)NCCN4CCOCC4)cc3)s2)c1. The molecular weight excluding hydrogens is 454 g/mol. The molecule has 0 aliphatic carbocycles. The number of rotatable bonds is 9. The van der Waals surface area contributed by atoms with Gasteiger partial charge in [0.05, 0.1) is 13.2 Å². The van der Waals surface area contributed by atoms with E-state index in [1.165, 1.54) is 11.3 Å². The molecule has 0 radical (unpaired) electrons. The quantitative estimate of drug-likeness (QED) is 0.484. The van der Waals surface area contributed by atoms with Crippen LogP contribution in [0.5, 0.6) is 5.75 Å². The number of nitrogens with one attached hydrogen (secondary N) is 2. The molecule has 1 fully saturated rings.